The van der Waals surface area contributed by atoms with Crippen LogP contribution in [0.1, 0.15) is 41.5 Å². The average molecular weight is 298 g/mol. The van der Waals surface area contributed by atoms with Crippen LogP contribution in [-0.4, -0.2) is 29.4 Å². The Morgan fingerprint density at radius 3 is 2.20 bits per heavy atom. The van der Waals surface area contributed by atoms with E-state index in [0.717, 1.165) is 5.46 Å². The van der Waals surface area contributed by atoms with Gasteiger partial charge in [0.2, 0.25) is 5.88 Å². The van der Waals surface area contributed by atoms with Gasteiger partial charge >= 0.3 is 7.12 Å². The molecule has 0 bridgehead atoms. The van der Waals surface area contributed by atoms with Crippen LogP contribution in [-0.2, 0) is 9.31 Å². The molecule has 1 aromatic heterocycles. The van der Waals surface area contributed by atoms with Crippen LogP contribution in [0.25, 0.3) is 0 Å². The number of rotatable bonds is 3. The highest BCUT2D eigenvalue weighted by Gasteiger charge is 2.51. The van der Waals surface area contributed by atoms with Gasteiger partial charge in [-0.1, -0.05) is 11.6 Å². The number of nitrogens with zero attached hydrogens (tertiary/aromatic N) is 1. The zero-order chi connectivity index (χ0) is 15.1. The quantitative estimate of drug-likeness (QED) is 0.635. The second kappa shape index (κ2) is 5.21. The molecule has 0 N–H and O–H groups in total. The van der Waals surface area contributed by atoms with Crippen molar-refractivity contribution < 1.29 is 14.0 Å². The number of hydrogen-bond acceptors (Lipinski definition) is 4. The number of ether oxygens (including phenoxy) is 1. The molecule has 0 aliphatic carbocycles. The van der Waals surface area contributed by atoms with Gasteiger partial charge in [-0.25, -0.2) is 4.98 Å². The van der Waals surface area contributed by atoms with Crippen LogP contribution in [0.4, 0.5) is 0 Å². The van der Waals surface area contributed by atoms with Crippen molar-refractivity contribution in [1.29, 1.82) is 0 Å². The fraction of sp³-hybridized carbons (Fsp3) is 0.643. The zero-order valence-corrected chi connectivity index (χ0v) is 13.6. The number of aromatic nitrogens is 1. The summed E-state index contributed by atoms with van der Waals surface area (Å²) in [6.45, 7) is 11.9. The molecule has 1 aromatic rings. The number of hydrogen-bond donors (Lipinski definition) is 0. The Labute approximate surface area is 125 Å². The topological polar surface area (TPSA) is 40.6 Å². The molecule has 0 radical (unpaired) electrons. The van der Waals surface area contributed by atoms with Crippen LogP contribution in [0.3, 0.4) is 0 Å². The summed E-state index contributed by atoms with van der Waals surface area (Å²) in [5, 5.41) is 0.368. The van der Waals surface area contributed by atoms with Gasteiger partial charge in [0.05, 0.1) is 17.3 Å². The van der Waals surface area contributed by atoms with Gasteiger partial charge < -0.3 is 14.0 Å². The van der Waals surface area contributed by atoms with Crippen molar-refractivity contribution in [3.63, 3.8) is 0 Å². The van der Waals surface area contributed by atoms with Crippen molar-refractivity contribution in [3.8, 4) is 5.88 Å². The zero-order valence-electron chi connectivity index (χ0n) is 12.9. The minimum absolute atomic E-state index is 0.0344. The normalized spacial score (nSPS) is 20.5. The largest absolute Gasteiger partial charge is 0.495 e. The summed E-state index contributed by atoms with van der Waals surface area (Å²) in [6.07, 6.45) is 0.0344. The van der Waals surface area contributed by atoms with Gasteiger partial charge in [0, 0.05) is 6.07 Å². The van der Waals surface area contributed by atoms with E-state index in [2.05, 4.69) is 4.98 Å². The van der Waals surface area contributed by atoms with Gasteiger partial charge in [-0.3, -0.25) is 0 Å². The summed E-state index contributed by atoms with van der Waals surface area (Å²) < 4.78 is 17.6. The Bertz CT molecular complexity index is 489. The molecule has 4 nitrogen and oxygen atoms in total. The van der Waals surface area contributed by atoms with Crippen molar-refractivity contribution in [2.75, 3.05) is 0 Å². The molecule has 2 rings (SSSR count). The summed E-state index contributed by atoms with van der Waals surface area (Å²) in [6, 6.07) is 3.56. The summed E-state index contributed by atoms with van der Waals surface area (Å²) in [5.74, 6) is 0.484. The SMILES string of the molecule is CC(C)Oc1cc(B2OC(C)(C)C(C)(C)O2)cc(Cl)n1. The number of pyridine rings is 1. The summed E-state index contributed by atoms with van der Waals surface area (Å²) in [4.78, 5) is 4.15. The molecule has 0 unspecified atom stereocenters. The lowest BCUT2D eigenvalue weighted by molar-refractivity contribution is 0.00578. The molecule has 0 saturated carbocycles. The van der Waals surface area contributed by atoms with Crippen molar-refractivity contribution in [3.05, 3.63) is 17.3 Å². The van der Waals surface area contributed by atoms with Crippen molar-refractivity contribution in [2.24, 2.45) is 0 Å². The monoisotopic (exact) mass is 297 g/mol. The van der Waals surface area contributed by atoms with E-state index in [-0.39, 0.29) is 17.3 Å². The first-order valence-electron chi connectivity index (χ1n) is 6.80. The van der Waals surface area contributed by atoms with Crippen LogP contribution in [0, 0.1) is 0 Å². The van der Waals surface area contributed by atoms with Crippen molar-refractivity contribution in [1.82, 2.24) is 4.98 Å². The first-order chi connectivity index (χ1) is 9.10. The van der Waals surface area contributed by atoms with E-state index in [1.54, 1.807) is 6.07 Å². The summed E-state index contributed by atoms with van der Waals surface area (Å²) >= 11 is 6.05. The maximum absolute atomic E-state index is 6.05. The molecule has 1 aliphatic rings. The van der Waals surface area contributed by atoms with E-state index in [1.807, 2.05) is 47.6 Å². The maximum atomic E-state index is 6.05. The first kappa shape index (κ1) is 15.6. The molecular formula is C14H21BClNO3. The lowest BCUT2D eigenvalue weighted by Crippen LogP contribution is -2.41. The second-order valence-electron chi connectivity index (χ2n) is 6.32. The number of halogens is 1. The van der Waals surface area contributed by atoms with E-state index in [0.29, 0.717) is 11.0 Å². The second-order valence-corrected chi connectivity index (χ2v) is 6.70. The predicted octanol–water partition coefficient (Wildman–Crippen LogP) is 2.82. The smallest absolute Gasteiger partial charge is 0.475 e. The van der Waals surface area contributed by atoms with Crippen LogP contribution in [0.5, 0.6) is 5.88 Å². The minimum Gasteiger partial charge on any atom is -0.475 e. The summed E-state index contributed by atoms with van der Waals surface area (Å²) in [7, 11) is -0.463. The molecule has 1 fully saturated rings. The van der Waals surface area contributed by atoms with E-state index in [4.69, 9.17) is 25.6 Å². The van der Waals surface area contributed by atoms with E-state index in [9.17, 15) is 0 Å². The third-order valence-corrected chi connectivity index (χ3v) is 3.87. The standard InChI is InChI=1S/C14H21BClNO3/c1-9(2)18-12-8-10(7-11(16)17-12)15-19-13(3,4)14(5,6)20-15/h7-9H,1-6H3. The fourth-order valence-electron chi connectivity index (χ4n) is 1.91. The van der Waals surface area contributed by atoms with Gasteiger partial charge in [-0.2, -0.15) is 0 Å². The predicted molar refractivity (Wildman–Crippen MR) is 80.7 cm³/mol. The Balaban J connectivity index is 2.28. The molecular weight excluding hydrogens is 276 g/mol. The van der Waals surface area contributed by atoms with Crippen LogP contribution in [0.2, 0.25) is 5.15 Å². The third-order valence-electron chi connectivity index (χ3n) is 3.67. The molecule has 2 heterocycles. The Morgan fingerprint density at radius 1 is 1.15 bits per heavy atom. The molecule has 0 aromatic carbocycles. The maximum Gasteiger partial charge on any atom is 0.495 e. The van der Waals surface area contributed by atoms with Crippen molar-refractivity contribution in [2.45, 2.75) is 58.8 Å². The highest BCUT2D eigenvalue weighted by Crippen LogP contribution is 2.36. The highest BCUT2D eigenvalue weighted by atomic mass is 35.5. The minimum atomic E-state index is -0.463. The molecule has 110 valence electrons. The van der Waals surface area contributed by atoms with Gasteiger partial charge in [0.25, 0.3) is 0 Å². The lowest BCUT2D eigenvalue weighted by Gasteiger charge is -2.32. The van der Waals surface area contributed by atoms with E-state index >= 15 is 0 Å². The van der Waals surface area contributed by atoms with Crippen LogP contribution >= 0.6 is 11.6 Å². The molecule has 6 heteroatoms. The molecule has 0 amide bonds. The Morgan fingerprint density at radius 2 is 1.70 bits per heavy atom. The molecule has 0 spiro atoms. The lowest BCUT2D eigenvalue weighted by atomic mass is 9.80. The third kappa shape index (κ3) is 3.10. The van der Waals surface area contributed by atoms with E-state index < -0.39 is 7.12 Å². The van der Waals surface area contributed by atoms with E-state index in [1.165, 1.54) is 0 Å². The van der Waals surface area contributed by atoms with Gasteiger partial charge in [-0.05, 0) is 53.1 Å². The van der Waals surface area contributed by atoms with Crippen LogP contribution < -0.4 is 10.2 Å². The average Bonchev–Trinajstić information content (AvgIpc) is 2.46. The van der Waals surface area contributed by atoms with Gasteiger partial charge in [-0.15, -0.1) is 0 Å². The summed E-state index contributed by atoms with van der Waals surface area (Å²) in [5.41, 5.74) is 0.0539. The highest BCUT2D eigenvalue weighted by molar-refractivity contribution is 6.62. The molecule has 20 heavy (non-hydrogen) atoms. The van der Waals surface area contributed by atoms with Crippen molar-refractivity contribution >= 4 is 24.2 Å². The molecule has 0 atom stereocenters. The Kier molecular flexibility index (Phi) is 4.06. The van der Waals surface area contributed by atoms with Crippen LogP contribution in [0.15, 0.2) is 12.1 Å². The fourth-order valence-corrected chi connectivity index (χ4v) is 2.12. The van der Waals surface area contributed by atoms with Gasteiger partial charge in [0.15, 0.2) is 0 Å². The Hall–Kier alpha value is -0.775. The molecule has 1 aliphatic heterocycles. The molecule has 1 saturated heterocycles. The first-order valence-corrected chi connectivity index (χ1v) is 7.18. The van der Waals surface area contributed by atoms with Gasteiger partial charge in [0.1, 0.15) is 5.15 Å².